The van der Waals surface area contributed by atoms with E-state index in [1.807, 2.05) is 29.0 Å². The van der Waals surface area contributed by atoms with Gasteiger partial charge in [-0.2, -0.15) is 0 Å². The highest BCUT2D eigenvalue weighted by molar-refractivity contribution is 7.13. The molecule has 0 spiro atoms. The third-order valence-electron chi connectivity index (χ3n) is 7.37. The Morgan fingerprint density at radius 1 is 1.02 bits per heavy atom. The van der Waals surface area contributed by atoms with Crippen LogP contribution >= 0.6 is 36.2 Å². The van der Waals surface area contributed by atoms with Crippen molar-refractivity contribution in [2.45, 2.75) is 66.1 Å². The third kappa shape index (κ3) is 9.48. The van der Waals surface area contributed by atoms with Gasteiger partial charge in [0.25, 0.3) is 5.91 Å². The molecule has 11 heteroatoms. The Morgan fingerprint density at radius 3 is 2.23 bits per heavy atom. The molecule has 3 aromatic rings. The topological polar surface area (TPSA) is 80.8 Å². The molecule has 236 valence electrons. The Bertz CT molecular complexity index is 1350. The molecule has 2 heterocycles. The summed E-state index contributed by atoms with van der Waals surface area (Å²) in [5, 5.41) is 13.3. The lowest BCUT2D eigenvalue weighted by Crippen LogP contribution is -2.47. The number of aromatic nitrogens is 1. The summed E-state index contributed by atoms with van der Waals surface area (Å²) in [6.07, 6.45) is 0. The van der Waals surface area contributed by atoms with E-state index >= 15 is 0 Å². The molecule has 2 N–H and O–H groups in total. The minimum Gasteiger partial charge on any atom is -0.313 e. The van der Waals surface area contributed by atoms with Gasteiger partial charge in [0.05, 0.1) is 18.8 Å². The van der Waals surface area contributed by atoms with Gasteiger partial charge in [-0.05, 0) is 29.7 Å². The van der Waals surface area contributed by atoms with E-state index in [1.165, 1.54) is 11.1 Å². The quantitative estimate of drug-likeness (QED) is 0.283. The van der Waals surface area contributed by atoms with E-state index in [2.05, 4.69) is 81.0 Å². The van der Waals surface area contributed by atoms with E-state index in [9.17, 15) is 9.59 Å². The Kier molecular flexibility index (Phi) is 13.6. The number of anilines is 1. The number of carbonyl (C=O) groups excluding carboxylic acids is 2. The highest BCUT2D eigenvalue weighted by Gasteiger charge is 2.25. The van der Waals surface area contributed by atoms with E-state index in [1.54, 1.807) is 23.4 Å². The van der Waals surface area contributed by atoms with Crippen LogP contribution in [0.15, 0.2) is 47.8 Å². The normalized spacial score (nSPS) is 12.8. The summed E-state index contributed by atoms with van der Waals surface area (Å²) >= 11 is 1.63. The number of fused-ring (bicyclic) bond motifs is 1. The van der Waals surface area contributed by atoms with Crippen LogP contribution in [0.5, 0.6) is 0 Å². The summed E-state index contributed by atoms with van der Waals surface area (Å²) in [6.45, 7) is 15.4. The van der Waals surface area contributed by atoms with Crippen molar-refractivity contribution in [3.8, 4) is 10.6 Å². The summed E-state index contributed by atoms with van der Waals surface area (Å²) in [4.78, 5) is 33.3. The van der Waals surface area contributed by atoms with Crippen molar-refractivity contribution in [3.05, 3.63) is 70.2 Å². The second-order valence-electron chi connectivity index (χ2n) is 12.1. The number of hydrogen-bond donors (Lipinski definition) is 2. The molecular formula is C32H46Cl2N6O2S. The number of nitrogens with zero attached hydrogens (tertiary/aromatic N) is 4. The number of likely N-dealkylation sites (N-methyl/N-ethyl adjacent to an activating group) is 1. The number of benzene rings is 2. The van der Waals surface area contributed by atoms with E-state index in [0.29, 0.717) is 32.2 Å². The minimum absolute atomic E-state index is 0. The second kappa shape index (κ2) is 16.0. The molecule has 0 fully saturated rings. The Hall–Kier alpha value is -2.53. The SMILES string of the molecule is Cc1ccc(-c2nc(C(C)(C)C)cs2)cc1N(CCNC(C)C)C(=O)CNCC(=O)N(C)N1Cc2ccccc2C1.Cl.Cl. The molecule has 0 atom stereocenters. The molecule has 0 aliphatic carbocycles. The first kappa shape index (κ1) is 36.7. The van der Waals surface area contributed by atoms with Crippen molar-refractivity contribution in [2.24, 2.45) is 0 Å². The molecule has 2 amide bonds. The lowest BCUT2D eigenvalue weighted by atomic mass is 9.93. The first-order valence-corrected chi connectivity index (χ1v) is 15.2. The zero-order valence-corrected chi connectivity index (χ0v) is 28.7. The maximum Gasteiger partial charge on any atom is 0.250 e. The van der Waals surface area contributed by atoms with Crippen LogP contribution in [0.1, 0.15) is 57.0 Å². The van der Waals surface area contributed by atoms with Crippen LogP contribution in [0.2, 0.25) is 0 Å². The minimum atomic E-state index is -0.0747. The zero-order chi connectivity index (χ0) is 29.7. The molecule has 1 aromatic heterocycles. The van der Waals surface area contributed by atoms with Crippen LogP contribution in [0.4, 0.5) is 5.69 Å². The monoisotopic (exact) mass is 648 g/mol. The maximum atomic E-state index is 13.6. The molecule has 0 saturated heterocycles. The number of nitrogens with one attached hydrogen (secondary N) is 2. The average molecular weight is 650 g/mol. The van der Waals surface area contributed by atoms with Crippen molar-refractivity contribution in [2.75, 3.05) is 38.1 Å². The molecule has 1 aliphatic heterocycles. The lowest BCUT2D eigenvalue weighted by molar-refractivity contribution is -0.145. The smallest absolute Gasteiger partial charge is 0.250 e. The molecule has 0 unspecified atom stereocenters. The van der Waals surface area contributed by atoms with Gasteiger partial charge in [0.2, 0.25) is 5.91 Å². The molecular weight excluding hydrogens is 603 g/mol. The maximum absolute atomic E-state index is 13.6. The van der Waals surface area contributed by atoms with Crippen LogP contribution in [0.25, 0.3) is 10.6 Å². The number of carbonyl (C=O) groups is 2. The molecule has 2 aromatic carbocycles. The standard InChI is InChI=1S/C32H44N6O2S.2ClH/c1-22(2)34-14-15-38(27-16-24(13-12-23(27)3)31-35-28(21-41-31)32(4,5)6)30(40)18-33-17-29(39)36(7)37-19-25-10-8-9-11-26(25)20-37;;/h8-13,16,21-22,33-34H,14-15,17-20H2,1-7H3;2*1H. The summed E-state index contributed by atoms with van der Waals surface area (Å²) in [5.74, 6) is -0.149. The highest BCUT2D eigenvalue weighted by atomic mass is 35.5. The number of rotatable bonds is 11. The average Bonchev–Trinajstić information content (AvgIpc) is 3.59. The predicted octanol–water partition coefficient (Wildman–Crippen LogP) is 5.57. The van der Waals surface area contributed by atoms with Gasteiger partial charge in [-0.15, -0.1) is 36.2 Å². The first-order valence-electron chi connectivity index (χ1n) is 14.3. The first-order chi connectivity index (χ1) is 19.4. The summed E-state index contributed by atoms with van der Waals surface area (Å²) in [6, 6.07) is 14.8. The van der Waals surface area contributed by atoms with Gasteiger partial charge in [0.1, 0.15) is 5.01 Å². The number of hydrazine groups is 1. The molecule has 0 saturated carbocycles. The third-order valence-corrected chi connectivity index (χ3v) is 8.26. The molecule has 0 radical (unpaired) electrons. The van der Waals surface area contributed by atoms with Gasteiger partial charge in [0, 0.05) is 61.3 Å². The van der Waals surface area contributed by atoms with Crippen molar-refractivity contribution in [1.82, 2.24) is 25.6 Å². The number of thiazole rings is 1. The van der Waals surface area contributed by atoms with Crippen molar-refractivity contribution in [1.29, 1.82) is 0 Å². The van der Waals surface area contributed by atoms with Gasteiger partial charge in [-0.1, -0.05) is 71.0 Å². The van der Waals surface area contributed by atoms with E-state index in [4.69, 9.17) is 4.98 Å². The Labute approximate surface area is 273 Å². The van der Waals surface area contributed by atoms with Gasteiger partial charge in [0.15, 0.2) is 0 Å². The van der Waals surface area contributed by atoms with Crippen molar-refractivity contribution < 1.29 is 9.59 Å². The Balaban J connectivity index is 0.00000323. The van der Waals surface area contributed by atoms with Crippen molar-refractivity contribution in [3.63, 3.8) is 0 Å². The van der Waals surface area contributed by atoms with E-state index in [-0.39, 0.29) is 55.1 Å². The lowest BCUT2D eigenvalue weighted by Gasteiger charge is -2.28. The molecule has 43 heavy (non-hydrogen) atoms. The predicted molar refractivity (Wildman–Crippen MR) is 182 cm³/mol. The molecule has 4 rings (SSSR count). The fraction of sp³-hybridized carbons (Fsp3) is 0.469. The second-order valence-corrected chi connectivity index (χ2v) is 12.9. The number of aryl methyl sites for hydroxylation is 1. The van der Waals surface area contributed by atoms with Crippen LogP contribution in [0.3, 0.4) is 0 Å². The fourth-order valence-electron chi connectivity index (χ4n) is 4.80. The van der Waals surface area contributed by atoms with E-state index in [0.717, 1.165) is 27.5 Å². The summed E-state index contributed by atoms with van der Waals surface area (Å²) < 4.78 is 0. The molecule has 0 bridgehead atoms. The highest BCUT2D eigenvalue weighted by Crippen LogP contribution is 2.33. The van der Waals surface area contributed by atoms with Crippen LogP contribution in [-0.4, -0.2) is 66.1 Å². The van der Waals surface area contributed by atoms with Crippen LogP contribution in [-0.2, 0) is 28.1 Å². The van der Waals surface area contributed by atoms with Gasteiger partial charge in [-0.3, -0.25) is 19.9 Å². The van der Waals surface area contributed by atoms with Gasteiger partial charge < -0.3 is 10.2 Å². The number of halogens is 2. The largest absolute Gasteiger partial charge is 0.313 e. The van der Waals surface area contributed by atoms with Crippen molar-refractivity contribution >= 4 is 53.7 Å². The number of amides is 2. The fourth-order valence-corrected chi connectivity index (χ4v) is 5.84. The van der Waals surface area contributed by atoms with E-state index < -0.39 is 0 Å². The van der Waals surface area contributed by atoms with Crippen LogP contribution in [0, 0.1) is 6.92 Å². The zero-order valence-electron chi connectivity index (χ0n) is 26.3. The summed E-state index contributed by atoms with van der Waals surface area (Å²) in [7, 11) is 1.79. The molecule has 1 aliphatic rings. The van der Waals surface area contributed by atoms with Gasteiger partial charge in [-0.25, -0.2) is 9.99 Å². The van der Waals surface area contributed by atoms with Gasteiger partial charge >= 0.3 is 0 Å². The summed E-state index contributed by atoms with van der Waals surface area (Å²) in [5.41, 5.74) is 6.40. The van der Waals surface area contributed by atoms with Crippen LogP contribution < -0.4 is 15.5 Å². The molecule has 8 nitrogen and oxygen atoms in total. The number of hydrogen-bond acceptors (Lipinski definition) is 7. The Morgan fingerprint density at radius 2 is 1.65 bits per heavy atom.